The summed E-state index contributed by atoms with van der Waals surface area (Å²) in [5.41, 5.74) is 5.11. The lowest BCUT2D eigenvalue weighted by Crippen LogP contribution is -2.36. The van der Waals surface area contributed by atoms with Crippen LogP contribution in [0, 0.1) is 0 Å². The fourth-order valence-corrected chi connectivity index (χ4v) is 5.63. The molecule has 0 amide bonds. The van der Waals surface area contributed by atoms with Crippen LogP contribution in [0.5, 0.6) is 0 Å². The monoisotopic (exact) mass is 291 g/mol. The molecule has 2 unspecified atom stereocenters. The van der Waals surface area contributed by atoms with Crippen molar-refractivity contribution >= 4 is 37.4 Å². The Labute approximate surface area is 98.2 Å². The normalized spacial score (nSPS) is 17.6. The topological polar surface area (TPSA) is 132 Å². The molecule has 16 heavy (non-hydrogen) atoms. The molecule has 0 saturated heterocycles. The summed E-state index contributed by atoms with van der Waals surface area (Å²) in [5, 5.41) is 7.46. The van der Waals surface area contributed by atoms with Gasteiger partial charge < -0.3 is 10.8 Å². The maximum absolute atomic E-state index is 11.2. The Kier molecular flexibility index (Phi) is 6.30. The number of sulfone groups is 1. The molecular weight excluding hydrogens is 278 g/mol. The molecule has 0 aliphatic rings. The van der Waals surface area contributed by atoms with Gasteiger partial charge in [-0.1, -0.05) is 0 Å². The summed E-state index contributed by atoms with van der Waals surface area (Å²) in [4.78, 5) is 10.3. The second-order valence-electron chi connectivity index (χ2n) is 3.15. The van der Waals surface area contributed by atoms with Gasteiger partial charge in [0.2, 0.25) is 0 Å². The standard InChI is InChI=1S/C6H13NO6S3/c1-16(12,13)4-15(11)3-14(10)2-5(7)6(8)9/h5H,2-4,7H2,1H3,(H,8,9)/t5-,14?,15?/m0/s1. The van der Waals surface area contributed by atoms with Crippen LogP contribution in [-0.2, 0) is 36.2 Å². The summed E-state index contributed by atoms with van der Waals surface area (Å²) >= 11 is 0. The van der Waals surface area contributed by atoms with Gasteiger partial charge in [0.25, 0.3) is 0 Å². The zero-order valence-corrected chi connectivity index (χ0v) is 10.9. The Hall–Kier alpha value is -0.320. The number of carbonyl (C=O) groups is 1. The fourth-order valence-electron chi connectivity index (χ4n) is 0.739. The van der Waals surface area contributed by atoms with Gasteiger partial charge in [0.05, 0.1) is 5.75 Å². The summed E-state index contributed by atoms with van der Waals surface area (Å²) < 4.78 is 43.9. The van der Waals surface area contributed by atoms with E-state index >= 15 is 0 Å². The van der Waals surface area contributed by atoms with E-state index in [9.17, 15) is 21.6 Å². The Balaban J connectivity index is 4.17. The highest BCUT2D eigenvalue weighted by atomic mass is 32.3. The maximum atomic E-state index is 11.2. The fraction of sp³-hybridized carbons (Fsp3) is 0.833. The molecule has 0 saturated carbocycles. The van der Waals surface area contributed by atoms with Gasteiger partial charge in [-0.3, -0.25) is 13.2 Å². The minimum absolute atomic E-state index is 0.342. The second-order valence-corrected chi connectivity index (χ2v) is 8.98. The van der Waals surface area contributed by atoms with Gasteiger partial charge in [-0.05, 0) is 0 Å². The van der Waals surface area contributed by atoms with Crippen LogP contribution in [0.15, 0.2) is 0 Å². The minimum atomic E-state index is -3.40. The van der Waals surface area contributed by atoms with Crippen molar-refractivity contribution in [3.8, 4) is 0 Å². The molecule has 0 rings (SSSR count). The third kappa shape index (κ3) is 7.91. The van der Waals surface area contributed by atoms with Gasteiger partial charge in [-0.15, -0.1) is 0 Å². The van der Waals surface area contributed by atoms with Crippen molar-refractivity contribution in [1.29, 1.82) is 0 Å². The lowest BCUT2D eigenvalue weighted by molar-refractivity contribution is -0.137. The highest BCUT2D eigenvalue weighted by Crippen LogP contribution is 1.96. The number of carboxylic acid groups (broad SMARTS) is 1. The van der Waals surface area contributed by atoms with Gasteiger partial charge in [0.15, 0.2) is 9.84 Å². The Morgan fingerprint density at radius 3 is 2.25 bits per heavy atom. The SMILES string of the molecule is CS(=O)(=O)CS(=O)CS(=O)C[C@H](N)C(=O)O. The van der Waals surface area contributed by atoms with E-state index in [1.54, 1.807) is 0 Å². The van der Waals surface area contributed by atoms with E-state index in [-0.39, 0.29) is 10.8 Å². The molecule has 0 spiro atoms. The zero-order chi connectivity index (χ0) is 12.9. The molecule has 0 aromatic carbocycles. The number of hydrogen-bond acceptors (Lipinski definition) is 6. The van der Waals surface area contributed by atoms with Gasteiger partial charge >= 0.3 is 5.97 Å². The van der Waals surface area contributed by atoms with Gasteiger partial charge in [-0.25, -0.2) is 8.42 Å². The van der Waals surface area contributed by atoms with Gasteiger partial charge in [0.1, 0.15) is 16.2 Å². The van der Waals surface area contributed by atoms with Crippen LogP contribution in [0.2, 0.25) is 0 Å². The molecule has 3 N–H and O–H groups in total. The summed E-state index contributed by atoms with van der Waals surface area (Å²) in [6.45, 7) is 0. The molecule has 0 fully saturated rings. The number of rotatable bonds is 7. The summed E-state index contributed by atoms with van der Waals surface area (Å²) in [6.07, 6.45) is 0.913. The van der Waals surface area contributed by atoms with Crippen LogP contribution in [-0.4, -0.2) is 56.1 Å². The summed E-state index contributed by atoms with van der Waals surface area (Å²) in [7, 11) is -6.89. The first-order chi connectivity index (χ1) is 7.11. The third-order valence-electron chi connectivity index (χ3n) is 1.29. The predicted octanol–water partition coefficient (Wildman–Crippen LogP) is -2.14. The van der Waals surface area contributed by atoms with E-state index in [4.69, 9.17) is 10.8 Å². The molecule has 0 aliphatic carbocycles. The van der Waals surface area contributed by atoms with Crippen molar-refractivity contribution < 1.29 is 26.7 Å². The highest BCUT2D eigenvalue weighted by Gasteiger charge is 2.18. The number of aliphatic carboxylic acids is 1. The lowest BCUT2D eigenvalue weighted by Gasteiger charge is -2.05. The molecule has 0 aromatic heterocycles. The first-order valence-corrected chi connectivity index (χ1v) is 9.01. The average molecular weight is 291 g/mol. The molecule has 0 heterocycles. The van der Waals surface area contributed by atoms with Gasteiger partial charge in [-0.2, -0.15) is 0 Å². The molecule has 10 heteroatoms. The van der Waals surface area contributed by atoms with Crippen LogP contribution < -0.4 is 5.73 Å². The van der Waals surface area contributed by atoms with Crippen molar-refractivity contribution in [2.45, 2.75) is 6.04 Å². The van der Waals surface area contributed by atoms with E-state index in [1.165, 1.54) is 0 Å². The first-order valence-electron chi connectivity index (χ1n) is 3.98. The molecule has 0 aliphatic heterocycles. The van der Waals surface area contributed by atoms with Crippen LogP contribution in [0.3, 0.4) is 0 Å². The Morgan fingerprint density at radius 2 is 1.88 bits per heavy atom. The van der Waals surface area contributed by atoms with Crippen molar-refractivity contribution in [1.82, 2.24) is 0 Å². The predicted molar refractivity (Wildman–Crippen MR) is 61.3 cm³/mol. The highest BCUT2D eigenvalue weighted by molar-refractivity contribution is 8.10. The van der Waals surface area contributed by atoms with Crippen molar-refractivity contribution in [3.05, 3.63) is 0 Å². The Morgan fingerprint density at radius 1 is 1.38 bits per heavy atom. The molecule has 96 valence electrons. The molecular formula is C6H13NO6S3. The first kappa shape index (κ1) is 15.7. The number of hydrogen-bond donors (Lipinski definition) is 2. The second kappa shape index (κ2) is 6.42. The molecule has 0 radical (unpaired) electrons. The van der Waals surface area contributed by atoms with Crippen molar-refractivity contribution in [2.24, 2.45) is 5.73 Å². The molecule has 0 aromatic rings. The van der Waals surface area contributed by atoms with E-state index in [0.29, 0.717) is 0 Å². The molecule has 3 atom stereocenters. The molecule has 7 nitrogen and oxygen atoms in total. The van der Waals surface area contributed by atoms with Crippen molar-refractivity contribution in [2.75, 3.05) is 22.2 Å². The number of carboxylic acids is 1. The maximum Gasteiger partial charge on any atom is 0.321 e. The third-order valence-corrected chi connectivity index (χ3v) is 6.89. The average Bonchev–Trinajstić information content (AvgIpc) is 1.98. The smallest absolute Gasteiger partial charge is 0.321 e. The zero-order valence-electron chi connectivity index (χ0n) is 8.49. The summed E-state index contributed by atoms with van der Waals surface area (Å²) in [6, 6.07) is -1.30. The van der Waals surface area contributed by atoms with Crippen LogP contribution in [0.1, 0.15) is 0 Å². The van der Waals surface area contributed by atoms with Gasteiger partial charge in [0, 0.05) is 27.9 Å². The quantitative estimate of drug-likeness (QED) is 0.547. The van der Waals surface area contributed by atoms with E-state index in [2.05, 4.69) is 0 Å². The van der Waals surface area contributed by atoms with Crippen LogP contribution in [0.25, 0.3) is 0 Å². The van der Waals surface area contributed by atoms with E-state index in [0.717, 1.165) is 6.26 Å². The Bertz CT molecular complexity index is 402. The van der Waals surface area contributed by atoms with Crippen molar-refractivity contribution in [3.63, 3.8) is 0 Å². The molecule has 0 bridgehead atoms. The summed E-state index contributed by atoms with van der Waals surface area (Å²) in [5.74, 6) is -1.65. The van der Waals surface area contributed by atoms with Crippen LogP contribution in [0.4, 0.5) is 0 Å². The van der Waals surface area contributed by atoms with Crippen LogP contribution >= 0.6 is 0 Å². The minimum Gasteiger partial charge on any atom is -0.480 e. The van der Waals surface area contributed by atoms with E-state index in [1.807, 2.05) is 0 Å². The lowest BCUT2D eigenvalue weighted by atomic mass is 10.4. The van der Waals surface area contributed by atoms with E-state index < -0.39 is 48.5 Å². The number of nitrogens with two attached hydrogens (primary N) is 1. The largest absolute Gasteiger partial charge is 0.480 e.